The number of nitrogens with one attached hydrogen (secondary N) is 1. The van der Waals surface area contributed by atoms with Gasteiger partial charge >= 0.3 is 5.97 Å². The molecule has 2 heterocycles. The summed E-state index contributed by atoms with van der Waals surface area (Å²) in [6.07, 6.45) is 0.391. The average molecular weight is 376 g/mol. The molecule has 27 heavy (non-hydrogen) atoms. The third kappa shape index (κ3) is 4.32. The van der Waals surface area contributed by atoms with E-state index in [1.54, 1.807) is 18.2 Å². The molecule has 0 radical (unpaired) electrons. The predicted octanol–water partition coefficient (Wildman–Crippen LogP) is 1.43. The lowest BCUT2D eigenvalue weighted by molar-refractivity contribution is -0.142. The minimum absolute atomic E-state index is 0.0499. The Labute approximate surface area is 157 Å². The van der Waals surface area contributed by atoms with Crippen LogP contribution in [0.4, 0.5) is 5.69 Å². The highest BCUT2D eigenvalue weighted by molar-refractivity contribution is 6.01. The van der Waals surface area contributed by atoms with Gasteiger partial charge < -0.3 is 24.8 Å². The average Bonchev–Trinajstić information content (AvgIpc) is 3.02. The van der Waals surface area contributed by atoms with Gasteiger partial charge in [-0.05, 0) is 24.5 Å². The highest BCUT2D eigenvalue weighted by atomic mass is 16.6. The Balaban J connectivity index is 1.68. The first-order valence-corrected chi connectivity index (χ1v) is 9.08. The van der Waals surface area contributed by atoms with Gasteiger partial charge in [0, 0.05) is 24.7 Å². The first-order chi connectivity index (χ1) is 12.8. The summed E-state index contributed by atoms with van der Waals surface area (Å²) in [6.45, 7) is 4.92. The van der Waals surface area contributed by atoms with Crippen molar-refractivity contribution in [1.82, 2.24) is 5.32 Å². The van der Waals surface area contributed by atoms with Gasteiger partial charge in [-0.2, -0.15) is 0 Å². The maximum absolute atomic E-state index is 12.5. The number of aliphatic carboxylic acids is 1. The molecule has 0 bridgehead atoms. The van der Waals surface area contributed by atoms with Gasteiger partial charge in [-0.25, -0.2) is 4.79 Å². The lowest BCUT2D eigenvalue weighted by Crippen LogP contribution is -2.44. The van der Waals surface area contributed by atoms with Crippen LogP contribution in [0.25, 0.3) is 0 Å². The number of rotatable bonds is 6. The Hall–Kier alpha value is -2.77. The van der Waals surface area contributed by atoms with Crippen molar-refractivity contribution in [1.29, 1.82) is 0 Å². The molecule has 0 aromatic heterocycles. The first-order valence-electron chi connectivity index (χ1n) is 9.08. The fourth-order valence-electron chi connectivity index (χ4n) is 3.32. The fraction of sp³-hybridized carbons (Fsp3) is 0.526. The van der Waals surface area contributed by atoms with E-state index < -0.39 is 23.8 Å². The molecular formula is C19H24N2O6. The Morgan fingerprint density at radius 2 is 1.96 bits per heavy atom. The Morgan fingerprint density at radius 1 is 1.26 bits per heavy atom. The molecule has 1 fully saturated rings. The molecule has 8 nitrogen and oxygen atoms in total. The van der Waals surface area contributed by atoms with Crippen LogP contribution in [0.5, 0.6) is 11.5 Å². The molecule has 1 aromatic carbocycles. The number of carbonyl (C=O) groups is 3. The molecule has 2 aliphatic heterocycles. The molecule has 8 heteroatoms. The molecule has 0 saturated carbocycles. The lowest BCUT2D eigenvalue weighted by atomic mass is 10.0. The van der Waals surface area contributed by atoms with Crippen molar-refractivity contribution in [2.24, 2.45) is 11.8 Å². The number of amides is 2. The van der Waals surface area contributed by atoms with E-state index in [9.17, 15) is 19.5 Å². The van der Waals surface area contributed by atoms with Crippen molar-refractivity contribution in [2.45, 2.75) is 32.7 Å². The van der Waals surface area contributed by atoms with Crippen LogP contribution in [0.15, 0.2) is 18.2 Å². The number of hydrogen-bond acceptors (Lipinski definition) is 5. The second-order valence-electron chi connectivity index (χ2n) is 7.26. The van der Waals surface area contributed by atoms with Crippen molar-refractivity contribution in [3.05, 3.63) is 18.2 Å². The molecule has 2 amide bonds. The molecule has 2 atom stereocenters. The monoisotopic (exact) mass is 376 g/mol. The Kier molecular flexibility index (Phi) is 5.53. The number of fused-ring (bicyclic) bond motifs is 1. The standard InChI is InChI=1S/C19H24N2O6/c1-11(2)7-14(19(24)25)20-18(23)12-8-17(22)21(10-12)13-3-4-15-16(9-13)27-6-5-26-15/h3-4,9,11-12,14H,5-8,10H2,1-2H3,(H,20,23)(H,24,25)/t12?,14-/m1/s1. The zero-order valence-electron chi connectivity index (χ0n) is 15.4. The van der Waals surface area contributed by atoms with Crippen molar-refractivity contribution >= 4 is 23.5 Å². The Morgan fingerprint density at radius 3 is 2.63 bits per heavy atom. The summed E-state index contributed by atoms with van der Waals surface area (Å²) in [7, 11) is 0. The van der Waals surface area contributed by atoms with E-state index in [0.29, 0.717) is 36.8 Å². The molecule has 146 valence electrons. The number of nitrogens with zero attached hydrogens (tertiary/aromatic N) is 1. The number of ether oxygens (including phenoxy) is 2. The van der Waals surface area contributed by atoms with Gasteiger partial charge in [-0.3, -0.25) is 9.59 Å². The highest BCUT2D eigenvalue weighted by Gasteiger charge is 2.37. The van der Waals surface area contributed by atoms with Crippen LogP contribution >= 0.6 is 0 Å². The number of carbonyl (C=O) groups excluding carboxylic acids is 2. The van der Waals surface area contributed by atoms with Crippen LogP contribution in [0.3, 0.4) is 0 Å². The number of benzene rings is 1. The van der Waals surface area contributed by atoms with E-state index in [0.717, 1.165) is 0 Å². The van der Waals surface area contributed by atoms with Gasteiger partial charge in [0.15, 0.2) is 11.5 Å². The molecule has 0 aliphatic carbocycles. The molecule has 1 saturated heterocycles. The topological polar surface area (TPSA) is 105 Å². The number of anilines is 1. The van der Waals surface area contributed by atoms with Gasteiger partial charge in [0.25, 0.3) is 0 Å². The normalized spacial score (nSPS) is 19.9. The van der Waals surface area contributed by atoms with E-state index in [4.69, 9.17) is 9.47 Å². The summed E-state index contributed by atoms with van der Waals surface area (Å²) in [5, 5.41) is 11.9. The minimum Gasteiger partial charge on any atom is -0.486 e. The van der Waals surface area contributed by atoms with E-state index in [1.807, 2.05) is 13.8 Å². The third-order valence-electron chi connectivity index (χ3n) is 4.65. The van der Waals surface area contributed by atoms with Gasteiger partial charge in [-0.1, -0.05) is 13.8 Å². The fourth-order valence-corrected chi connectivity index (χ4v) is 3.32. The zero-order chi connectivity index (χ0) is 19.6. The summed E-state index contributed by atoms with van der Waals surface area (Å²) in [4.78, 5) is 37.8. The molecule has 1 unspecified atom stereocenters. The van der Waals surface area contributed by atoms with Crippen LogP contribution in [-0.2, 0) is 14.4 Å². The predicted molar refractivity (Wildman–Crippen MR) is 96.9 cm³/mol. The smallest absolute Gasteiger partial charge is 0.326 e. The van der Waals surface area contributed by atoms with Gasteiger partial charge in [0.05, 0.1) is 5.92 Å². The van der Waals surface area contributed by atoms with Crippen LogP contribution < -0.4 is 19.7 Å². The molecular weight excluding hydrogens is 352 g/mol. The molecule has 1 aromatic rings. The largest absolute Gasteiger partial charge is 0.486 e. The van der Waals surface area contributed by atoms with Gasteiger partial charge in [-0.15, -0.1) is 0 Å². The number of carboxylic acid groups (broad SMARTS) is 1. The van der Waals surface area contributed by atoms with Crippen LogP contribution in [0.2, 0.25) is 0 Å². The van der Waals surface area contributed by atoms with Crippen LogP contribution in [0.1, 0.15) is 26.7 Å². The summed E-state index contributed by atoms with van der Waals surface area (Å²) in [5.74, 6) is -0.902. The number of carboxylic acids is 1. The number of hydrogen-bond donors (Lipinski definition) is 2. The maximum Gasteiger partial charge on any atom is 0.326 e. The highest BCUT2D eigenvalue weighted by Crippen LogP contribution is 2.36. The second kappa shape index (κ2) is 7.85. The van der Waals surface area contributed by atoms with E-state index in [-0.39, 0.29) is 24.8 Å². The van der Waals surface area contributed by atoms with Crippen molar-refractivity contribution < 1.29 is 29.0 Å². The van der Waals surface area contributed by atoms with Gasteiger partial charge in [0.1, 0.15) is 19.3 Å². The first kappa shape index (κ1) is 19.0. The van der Waals surface area contributed by atoms with Crippen LogP contribution in [0, 0.1) is 11.8 Å². The third-order valence-corrected chi connectivity index (χ3v) is 4.65. The van der Waals surface area contributed by atoms with Crippen molar-refractivity contribution in [3.8, 4) is 11.5 Å². The minimum atomic E-state index is -1.06. The lowest BCUT2D eigenvalue weighted by Gasteiger charge is -2.22. The molecule has 3 rings (SSSR count). The quantitative estimate of drug-likeness (QED) is 0.778. The summed E-state index contributed by atoms with van der Waals surface area (Å²) in [5.41, 5.74) is 0.636. The Bertz CT molecular complexity index is 748. The summed E-state index contributed by atoms with van der Waals surface area (Å²) in [6, 6.07) is 4.28. The van der Waals surface area contributed by atoms with Crippen molar-refractivity contribution in [2.75, 3.05) is 24.7 Å². The van der Waals surface area contributed by atoms with E-state index >= 15 is 0 Å². The van der Waals surface area contributed by atoms with E-state index in [1.165, 1.54) is 4.90 Å². The summed E-state index contributed by atoms with van der Waals surface area (Å²) >= 11 is 0. The SMILES string of the molecule is CC(C)C[C@@H](NC(=O)C1CC(=O)N(c2ccc3c(c2)OCCO3)C1)C(=O)O. The van der Waals surface area contributed by atoms with Crippen LogP contribution in [-0.4, -0.2) is 48.7 Å². The molecule has 2 N–H and O–H groups in total. The molecule has 2 aliphatic rings. The van der Waals surface area contributed by atoms with Crippen molar-refractivity contribution in [3.63, 3.8) is 0 Å². The second-order valence-corrected chi connectivity index (χ2v) is 7.26. The van der Waals surface area contributed by atoms with E-state index in [2.05, 4.69) is 5.32 Å². The van der Waals surface area contributed by atoms with Gasteiger partial charge in [0.2, 0.25) is 11.8 Å². The molecule has 0 spiro atoms. The zero-order valence-corrected chi connectivity index (χ0v) is 15.4. The summed E-state index contributed by atoms with van der Waals surface area (Å²) < 4.78 is 11.0. The maximum atomic E-state index is 12.5.